The first kappa shape index (κ1) is 18.6. The van der Waals surface area contributed by atoms with E-state index in [4.69, 9.17) is 4.74 Å². The van der Waals surface area contributed by atoms with Crippen molar-refractivity contribution in [2.75, 3.05) is 11.9 Å². The number of imide groups is 1. The Balaban J connectivity index is 1.81. The number of carbonyl (C=O) groups is 4. The van der Waals surface area contributed by atoms with Crippen LogP contribution in [0, 0.1) is 12.7 Å². The zero-order valence-electron chi connectivity index (χ0n) is 14.0. The monoisotopic (exact) mass is 350 g/mol. The average molecular weight is 350 g/mol. The number of likely N-dealkylation sites (tertiary alicyclic amines) is 1. The molecule has 1 aliphatic heterocycles. The molecule has 0 saturated carbocycles. The van der Waals surface area contributed by atoms with Gasteiger partial charge in [-0.25, -0.2) is 4.39 Å². The third-order valence-corrected chi connectivity index (χ3v) is 3.81. The first-order valence-electron chi connectivity index (χ1n) is 7.87. The molecule has 1 saturated heterocycles. The van der Waals surface area contributed by atoms with Gasteiger partial charge in [-0.05, 0) is 31.5 Å². The van der Waals surface area contributed by atoms with Crippen LogP contribution < -0.4 is 5.32 Å². The molecule has 0 bridgehead atoms. The lowest BCUT2D eigenvalue weighted by atomic mass is 10.2. The summed E-state index contributed by atoms with van der Waals surface area (Å²) in [5, 5.41) is 2.45. The summed E-state index contributed by atoms with van der Waals surface area (Å²) in [4.78, 5) is 47.6. The molecule has 1 aromatic rings. The average Bonchev–Trinajstić information content (AvgIpc) is 2.87. The zero-order chi connectivity index (χ0) is 18.6. The number of rotatable bonds is 6. The quantitative estimate of drug-likeness (QED) is 0.621. The first-order valence-corrected chi connectivity index (χ1v) is 7.87. The highest BCUT2D eigenvalue weighted by Gasteiger charge is 2.29. The highest BCUT2D eigenvalue weighted by Crippen LogP contribution is 2.15. The van der Waals surface area contributed by atoms with Crippen molar-refractivity contribution >= 4 is 29.4 Å². The molecule has 1 fully saturated rings. The Morgan fingerprint density at radius 3 is 2.52 bits per heavy atom. The van der Waals surface area contributed by atoms with Crippen LogP contribution in [0.25, 0.3) is 0 Å². The van der Waals surface area contributed by atoms with E-state index < -0.39 is 23.8 Å². The van der Waals surface area contributed by atoms with Crippen molar-refractivity contribution in [3.63, 3.8) is 0 Å². The lowest BCUT2D eigenvalue weighted by Crippen LogP contribution is -2.34. The Bertz CT molecular complexity index is 703. The SMILES string of the molecule is Cc1ccc(NC(=O)[C@H](C)OC(=O)CCN2C(=O)CCC2=O)cc1F. The molecule has 0 spiro atoms. The van der Waals surface area contributed by atoms with Gasteiger partial charge in [0.1, 0.15) is 5.82 Å². The van der Waals surface area contributed by atoms with E-state index in [2.05, 4.69) is 5.32 Å². The number of nitrogens with zero attached hydrogens (tertiary/aromatic N) is 1. The van der Waals surface area contributed by atoms with Gasteiger partial charge in [0.25, 0.3) is 5.91 Å². The molecule has 134 valence electrons. The fourth-order valence-corrected chi connectivity index (χ4v) is 2.30. The van der Waals surface area contributed by atoms with E-state index in [1.54, 1.807) is 6.92 Å². The van der Waals surface area contributed by atoms with Crippen LogP contribution in [0.5, 0.6) is 0 Å². The molecule has 0 unspecified atom stereocenters. The van der Waals surface area contributed by atoms with Gasteiger partial charge in [-0.1, -0.05) is 6.07 Å². The second-order valence-corrected chi connectivity index (χ2v) is 5.77. The van der Waals surface area contributed by atoms with Crippen molar-refractivity contribution < 1.29 is 28.3 Å². The third kappa shape index (κ3) is 4.85. The van der Waals surface area contributed by atoms with Gasteiger partial charge in [0, 0.05) is 25.1 Å². The molecule has 0 aromatic heterocycles. The highest BCUT2D eigenvalue weighted by molar-refractivity contribution is 6.02. The van der Waals surface area contributed by atoms with Gasteiger partial charge >= 0.3 is 5.97 Å². The van der Waals surface area contributed by atoms with Crippen molar-refractivity contribution in [2.24, 2.45) is 0 Å². The molecule has 1 atom stereocenters. The number of aryl methyl sites for hydroxylation is 1. The van der Waals surface area contributed by atoms with E-state index in [0.717, 1.165) is 4.90 Å². The number of ether oxygens (including phenoxy) is 1. The van der Waals surface area contributed by atoms with Gasteiger partial charge < -0.3 is 10.1 Å². The van der Waals surface area contributed by atoms with Crippen LogP contribution >= 0.6 is 0 Å². The maximum atomic E-state index is 13.5. The van der Waals surface area contributed by atoms with E-state index >= 15 is 0 Å². The minimum absolute atomic E-state index is 0.0615. The van der Waals surface area contributed by atoms with Gasteiger partial charge in [0.15, 0.2) is 6.10 Å². The standard InChI is InChI=1S/C17H19FN2O5/c1-10-3-4-12(9-13(10)18)19-17(24)11(2)25-16(23)7-8-20-14(21)5-6-15(20)22/h3-4,9,11H,5-8H2,1-2H3,(H,19,24)/t11-/m0/s1. The van der Waals surface area contributed by atoms with Gasteiger partial charge in [0.05, 0.1) is 6.42 Å². The van der Waals surface area contributed by atoms with E-state index in [-0.39, 0.29) is 43.3 Å². The van der Waals surface area contributed by atoms with Crippen LogP contribution in [-0.4, -0.2) is 41.2 Å². The lowest BCUT2D eigenvalue weighted by Gasteiger charge is -2.16. The third-order valence-electron chi connectivity index (χ3n) is 3.81. The number of nitrogens with one attached hydrogen (secondary N) is 1. The number of halogens is 1. The van der Waals surface area contributed by atoms with Crippen LogP contribution in [0.3, 0.4) is 0 Å². The second-order valence-electron chi connectivity index (χ2n) is 5.77. The Labute approximate surface area is 144 Å². The number of esters is 1. The highest BCUT2D eigenvalue weighted by atomic mass is 19.1. The number of hydrogen-bond acceptors (Lipinski definition) is 5. The summed E-state index contributed by atoms with van der Waals surface area (Å²) in [7, 11) is 0. The van der Waals surface area contributed by atoms with E-state index in [1.807, 2.05) is 0 Å². The van der Waals surface area contributed by atoms with Gasteiger partial charge in [-0.2, -0.15) is 0 Å². The summed E-state index contributed by atoms with van der Waals surface area (Å²) < 4.78 is 18.4. The van der Waals surface area contributed by atoms with Crippen molar-refractivity contribution in [2.45, 2.75) is 39.2 Å². The second kappa shape index (κ2) is 7.87. The molecule has 25 heavy (non-hydrogen) atoms. The maximum absolute atomic E-state index is 13.5. The number of benzene rings is 1. The Morgan fingerprint density at radius 1 is 1.28 bits per heavy atom. The Morgan fingerprint density at radius 2 is 1.92 bits per heavy atom. The number of hydrogen-bond donors (Lipinski definition) is 1. The van der Waals surface area contributed by atoms with Crippen molar-refractivity contribution in [1.29, 1.82) is 0 Å². The van der Waals surface area contributed by atoms with Crippen LogP contribution in [0.4, 0.5) is 10.1 Å². The van der Waals surface area contributed by atoms with Crippen molar-refractivity contribution in [3.8, 4) is 0 Å². The summed E-state index contributed by atoms with van der Waals surface area (Å²) in [5.41, 5.74) is 0.702. The molecule has 8 heteroatoms. The van der Waals surface area contributed by atoms with E-state index in [1.165, 1.54) is 25.1 Å². The minimum atomic E-state index is -1.10. The van der Waals surface area contributed by atoms with Gasteiger partial charge in [-0.15, -0.1) is 0 Å². The van der Waals surface area contributed by atoms with Crippen molar-refractivity contribution in [1.82, 2.24) is 4.90 Å². The van der Waals surface area contributed by atoms with Crippen LogP contribution in [0.1, 0.15) is 31.7 Å². The molecule has 7 nitrogen and oxygen atoms in total. The Hall–Kier alpha value is -2.77. The lowest BCUT2D eigenvalue weighted by molar-refractivity contribution is -0.154. The zero-order valence-corrected chi connectivity index (χ0v) is 14.0. The predicted molar refractivity (Wildman–Crippen MR) is 85.9 cm³/mol. The summed E-state index contributed by atoms with van der Waals surface area (Å²) in [6, 6.07) is 4.23. The van der Waals surface area contributed by atoms with Crippen LogP contribution in [0.2, 0.25) is 0 Å². The molecule has 3 amide bonds. The normalized spacial score (nSPS) is 15.2. The summed E-state index contributed by atoms with van der Waals surface area (Å²) in [6.07, 6.45) is -0.977. The Kier molecular flexibility index (Phi) is 5.84. The predicted octanol–water partition coefficient (Wildman–Crippen LogP) is 1.54. The molecular formula is C17H19FN2O5. The molecule has 1 heterocycles. The van der Waals surface area contributed by atoms with Gasteiger partial charge in [-0.3, -0.25) is 24.1 Å². The summed E-state index contributed by atoms with van der Waals surface area (Å²) in [5.74, 6) is -2.40. The number of anilines is 1. The fraction of sp³-hybridized carbons (Fsp3) is 0.412. The molecule has 1 N–H and O–H groups in total. The minimum Gasteiger partial charge on any atom is -0.452 e. The summed E-state index contributed by atoms with van der Waals surface area (Å²) >= 11 is 0. The smallest absolute Gasteiger partial charge is 0.308 e. The molecule has 0 radical (unpaired) electrons. The van der Waals surface area contributed by atoms with E-state index in [9.17, 15) is 23.6 Å². The molecule has 1 aliphatic rings. The van der Waals surface area contributed by atoms with E-state index in [0.29, 0.717) is 5.56 Å². The molecule has 2 rings (SSSR count). The molecular weight excluding hydrogens is 331 g/mol. The molecule has 0 aliphatic carbocycles. The largest absolute Gasteiger partial charge is 0.452 e. The van der Waals surface area contributed by atoms with Crippen LogP contribution in [-0.2, 0) is 23.9 Å². The van der Waals surface area contributed by atoms with Gasteiger partial charge in [0.2, 0.25) is 11.8 Å². The first-order chi connectivity index (χ1) is 11.8. The fourth-order valence-electron chi connectivity index (χ4n) is 2.30. The molecule has 1 aromatic carbocycles. The summed E-state index contributed by atoms with van der Waals surface area (Å²) in [6.45, 7) is 2.92. The maximum Gasteiger partial charge on any atom is 0.308 e. The van der Waals surface area contributed by atoms with Crippen LogP contribution in [0.15, 0.2) is 18.2 Å². The number of carbonyl (C=O) groups excluding carboxylic acids is 4. The number of amides is 3. The topological polar surface area (TPSA) is 92.8 Å². The van der Waals surface area contributed by atoms with Crippen molar-refractivity contribution in [3.05, 3.63) is 29.6 Å².